The highest BCUT2D eigenvalue weighted by atomic mass is 19.1. The summed E-state index contributed by atoms with van der Waals surface area (Å²) in [5, 5.41) is 0. The normalized spacial score (nSPS) is 10.1. The molecular formula is C11H14FN. The average Bonchev–Trinajstić information content (AvgIpc) is 2.02. The second-order valence-electron chi connectivity index (χ2n) is 3.16. The van der Waals surface area contributed by atoms with Crippen LogP contribution in [0.1, 0.15) is 25.0 Å². The lowest BCUT2D eigenvalue weighted by molar-refractivity contribution is 0.612. The number of nitrogen functional groups attached to an aromatic ring is 1. The predicted octanol–water partition coefficient (Wildman–Crippen LogP) is 3.00. The minimum atomic E-state index is -0.236. The molecule has 0 aromatic heterocycles. The molecule has 1 aromatic rings. The molecule has 0 aliphatic carbocycles. The summed E-state index contributed by atoms with van der Waals surface area (Å²) >= 11 is 0. The van der Waals surface area contributed by atoms with E-state index < -0.39 is 0 Å². The number of hydrogen-bond acceptors (Lipinski definition) is 1. The first-order valence-corrected chi connectivity index (χ1v) is 4.30. The van der Waals surface area contributed by atoms with Crippen molar-refractivity contribution in [2.45, 2.75) is 20.3 Å². The smallest absolute Gasteiger partial charge is 0.129 e. The van der Waals surface area contributed by atoms with Crippen LogP contribution < -0.4 is 5.73 Å². The van der Waals surface area contributed by atoms with Gasteiger partial charge >= 0.3 is 0 Å². The number of hydrogen-bond donors (Lipinski definition) is 1. The van der Waals surface area contributed by atoms with Gasteiger partial charge in [0.1, 0.15) is 5.82 Å². The van der Waals surface area contributed by atoms with E-state index in [9.17, 15) is 4.39 Å². The predicted molar refractivity (Wildman–Crippen MR) is 54.9 cm³/mol. The number of halogens is 1. The first-order chi connectivity index (χ1) is 6.06. The molecule has 13 heavy (non-hydrogen) atoms. The van der Waals surface area contributed by atoms with Crippen molar-refractivity contribution in [1.29, 1.82) is 0 Å². The van der Waals surface area contributed by atoms with Gasteiger partial charge in [0.15, 0.2) is 0 Å². The summed E-state index contributed by atoms with van der Waals surface area (Å²) in [5.74, 6) is -0.236. The molecule has 2 N–H and O–H groups in total. The zero-order valence-corrected chi connectivity index (χ0v) is 8.02. The van der Waals surface area contributed by atoms with Crippen molar-refractivity contribution in [3.8, 4) is 0 Å². The van der Waals surface area contributed by atoms with E-state index in [1.165, 1.54) is 6.07 Å². The van der Waals surface area contributed by atoms with Gasteiger partial charge in [-0.25, -0.2) is 4.39 Å². The van der Waals surface area contributed by atoms with Crippen LogP contribution in [0.15, 0.2) is 18.7 Å². The second kappa shape index (κ2) is 3.60. The maximum absolute atomic E-state index is 13.4. The van der Waals surface area contributed by atoms with Crippen molar-refractivity contribution >= 4 is 11.3 Å². The Morgan fingerprint density at radius 2 is 2.15 bits per heavy atom. The van der Waals surface area contributed by atoms with Crippen LogP contribution in [0.25, 0.3) is 5.57 Å². The fraction of sp³-hybridized carbons (Fsp3) is 0.273. The highest BCUT2D eigenvalue weighted by molar-refractivity contribution is 5.68. The van der Waals surface area contributed by atoms with Crippen LogP contribution in [0.2, 0.25) is 0 Å². The molecule has 0 amide bonds. The van der Waals surface area contributed by atoms with Crippen molar-refractivity contribution < 1.29 is 4.39 Å². The van der Waals surface area contributed by atoms with E-state index in [0.717, 1.165) is 11.1 Å². The summed E-state index contributed by atoms with van der Waals surface area (Å²) in [6.07, 6.45) is 0.661. The van der Waals surface area contributed by atoms with Crippen LogP contribution >= 0.6 is 0 Å². The van der Waals surface area contributed by atoms with Gasteiger partial charge in [-0.3, -0.25) is 0 Å². The third kappa shape index (κ3) is 1.89. The summed E-state index contributed by atoms with van der Waals surface area (Å²) in [6.45, 7) is 7.57. The number of nitrogens with two attached hydrogens (primary N) is 1. The van der Waals surface area contributed by atoms with Crippen molar-refractivity contribution in [3.05, 3.63) is 35.7 Å². The highest BCUT2D eigenvalue weighted by Crippen LogP contribution is 2.23. The lowest BCUT2D eigenvalue weighted by Gasteiger charge is -2.09. The summed E-state index contributed by atoms with van der Waals surface area (Å²) in [4.78, 5) is 0. The van der Waals surface area contributed by atoms with Crippen LogP contribution in [0.5, 0.6) is 0 Å². The van der Waals surface area contributed by atoms with E-state index in [1.807, 2.05) is 13.8 Å². The molecule has 0 bridgehead atoms. The number of rotatable bonds is 2. The van der Waals surface area contributed by atoms with Crippen LogP contribution in [-0.4, -0.2) is 0 Å². The number of anilines is 1. The van der Waals surface area contributed by atoms with Crippen LogP contribution in [-0.2, 0) is 6.42 Å². The molecule has 1 rings (SSSR count). The molecule has 2 heteroatoms. The van der Waals surface area contributed by atoms with Gasteiger partial charge in [-0.2, -0.15) is 0 Å². The molecule has 1 aromatic carbocycles. The van der Waals surface area contributed by atoms with E-state index in [-0.39, 0.29) is 5.82 Å². The van der Waals surface area contributed by atoms with Gasteiger partial charge in [0.25, 0.3) is 0 Å². The van der Waals surface area contributed by atoms with Crippen molar-refractivity contribution in [1.82, 2.24) is 0 Å². The minimum absolute atomic E-state index is 0.236. The Bertz CT molecular complexity index is 342. The maximum Gasteiger partial charge on any atom is 0.129 e. The first kappa shape index (κ1) is 9.78. The van der Waals surface area contributed by atoms with E-state index in [1.54, 1.807) is 6.07 Å². The van der Waals surface area contributed by atoms with E-state index in [2.05, 4.69) is 6.58 Å². The lowest BCUT2D eigenvalue weighted by Crippen LogP contribution is -1.97. The summed E-state index contributed by atoms with van der Waals surface area (Å²) in [6, 6.07) is 3.12. The molecule has 0 saturated heterocycles. The van der Waals surface area contributed by atoms with E-state index in [4.69, 9.17) is 5.73 Å². The fourth-order valence-electron chi connectivity index (χ4n) is 1.40. The largest absolute Gasteiger partial charge is 0.399 e. The topological polar surface area (TPSA) is 26.0 Å². The minimum Gasteiger partial charge on any atom is -0.399 e. The fourth-order valence-corrected chi connectivity index (χ4v) is 1.40. The zero-order valence-electron chi connectivity index (χ0n) is 8.02. The molecule has 0 heterocycles. The van der Waals surface area contributed by atoms with Crippen molar-refractivity contribution in [3.63, 3.8) is 0 Å². The Balaban J connectivity index is 3.38. The molecule has 0 spiro atoms. The number of allylic oxidation sites excluding steroid dienone is 1. The van der Waals surface area contributed by atoms with Gasteiger partial charge < -0.3 is 5.73 Å². The highest BCUT2D eigenvalue weighted by Gasteiger charge is 2.08. The van der Waals surface area contributed by atoms with Gasteiger partial charge in [0.2, 0.25) is 0 Å². The third-order valence-electron chi connectivity index (χ3n) is 2.03. The molecule has 1 nitrogen and oxygen atoms in total. The quantitative estimate of drug-likeness (QED) is 0.694. The standard InChI is InChI=1S/C11H14FN/c1-4-9-10(7(2)3)5-8(13)6-11(9)12/h5-6H,2,4,13H2,1,3H3. The van der Waals surface area contributed by atoms with Crippen molar-refractivity contribution in [2.75, 3.05) is 5.73 Å². The Hall–Kier alpha value is -1.31. The van der Waals surface area contributed by atoms with Gasteiger partial charge in [0, 0.05) is 5.69 Å². The van der Waals surface area contributed by atoms with Crippen LogP contribution in [0.3, 0.4) is 0 Å². The summed E-state index contributed by atoms with van der Waals surface area (Å²) in [5.41, 5.74) is 8.37. The Morgan fingerprint density at radius 3 is 2.62 bits per heavy atom. The van der Waals surface area contributed by atoms with Crippen molar-refractivity contribution in [2.24, 2.45) is 0 Å². The van der Waals surface area contributed by atoms with Gasteiger partial charge in [-0.1, -0.05) is 19.1 Å². The first-order valence-electron chi connectivity index (χ1n) is 4.30. The second-order valence-corrected chi connectivity index (χ2v) is 3.16. The Labute approximate surface area is 78.1 Å². The van der Waals surface area contributed by atoms with Gasteiger partial charge in [-0.15, -0.1) is 0 Å². The Morgan fingerprint density at radius 1 is 1.54 bits per heavy atom. The number of benzene rings is 1. The maximum atomic E-state index is 13.4. The van der Waals surface area contributed by atoms with E-state index >= 15 is 0 Å². The average molecular weight is 179 g/mol. The SMILES string of the molecule is C=C(C)c1cc(N)cc(F)c1CC. The molecule has 0 aliphatic rings. The molecule has 0 aliphatic heterocycles. The van der Waals surface area contributed by atoms with E-state index in [0.29, 0.717) is 17.7 Å². The van der Waals surface area contributed by atoms with Crippen LogP contribution in [0, 0.1) is 5.82 Å². The summed E-state index contributed by atoms with van der Waals surface area (Å²) in [7, 11) is 0. The molecule has 0 atom stereocenters. The molecule has 0 unspecified atom stereocenters. The molecule has 0 saturated carbocycles. The monoisotopic (exact) mass is 179 g/mol. The summed E-state index contributed by atoms with van der Waals surface area (Å²) < 4.78 is 13.4. The zero-order chi connectivity index (χ0) is 10.0. The van der Waals surface area contributed by atoms with Crippen LogP contribution in [0.4, 0.5) is 10.1 Å². The third-order valence-corrected chi connectivity index (χ3v) is 2.03. The Kier molecular flexibility index (Phi) is 2.71. The molecule has 0 radical (unpaired) electrons. The van der Waals surface area contributed by atoms with Gasteiger partial charge in [-0.05, 0) is 36.6 Å². The molecular weight excluding hydrogens is 165 g/mol. The van der Waals surface area contributed by atoms with Gasteiger partial charge in [0.05, 0.1) is 0 Å². The molecule has 70 valence electrons. The molecule has 0 fully saturated rings. The lowest BCUT2D eigenvalue weighted by atomic mass is 9.99.